The van der Waals surface area contributed by atoms with Gasteiger partial charge in [0.2, 0.25) is 11.8 Å². The lowest BCUT2D eigenvalue weighted by Gasteiger charge is -2.35. The van der Waals surface area contributed by atoms with Crippen molar-refractivity contribution in [2.75, 3.05) is 13.1 Å². The first-order valence-corrected chi connectivity index (χ1v) is 8.25. The molecule has 0 spiro atoms. The van der Waals surface area contributed by atoms with Crippen LogP contribution in [-0.2, 0) is 11.2 Å². The summed E-state index contributed by atoms with van der Waals surface area (Å²) in [5.74, 6) is 0.564. The maximum Gasteiger partial charge on any atom is 0.229 e. The summed E-state index contributed by atoms with van der Waals surface area (Å²) in [7, 11) is 0. The number of hydrogen-bond donors (Lipinski definition) is 1. The van der Waals surface area contributed by atoms with E-state index in [1.54, 1.807) is 18.4 Å². The Balaban J connectivity index is 1.68. The third-order valence-corrected chi connectivity index (χ3v) is 4.45. The predicted octanol–water partition coefficient (Wildman–Crippen LogP) is 2.88. The van der Waals surface area contributed by atoms with Gasteiger partial charge in [-0.25, -0.2) is 4.98 Å². The lowest BCUT2D eigenvalue weighted by molar-refractivity contribution is -0.133. The summed E-state index contributed by atoms with van der Waals surface area (Å²) in [4.78, 5) is 18.8. The van der Waals surface area contributed by atoms with Gasteiger partial charge >= 0.3 is 0 Å². The number of rotatable bonds is 4. The molecular formula is C17H20ClN3O2. The topological polar surface area (TPSA) is 72.4 Å². The fourth-order valence-corrected chi connectivity index (χ4v) is 3.07. The van der Waals surface area contributed by atoms with Crippen molar-refractivity contribution in [1.82, 2.24) is 9.88 Å². The molecule has 1 saturated heterocycles. The summed E-state index contributed by atoms with van der Waals surface area (Å²) in [5.41, 5.74) is 7.26. The van der Waals surface area contributed by atoms with Gasteiger partial charge in [0.25, 0.3) is 0 Å². The van der Waals surface area contributed by atoms with Crippen molar-refractivity contribution in [3.63, 3.8) is 0 Å². The first-order chi connectivity index (χ1) is 11.2. The number of hydrogen-bond acceptors (Lipinski definition) is 4. The van der Waals surface area contributed by atoms with Gasteiger partial charge in [-0.15, -0.1) is 0 Å². The number of halogens is 1. The maximum absolute atomic E-state index is 12.5. The lowest BCUT2D eigenvalue weighted by atomic mass is 10.0. The van der Waals surface area contributed by atoms with Crippen molar-refractivity contribution < 1.29 is 9.21 Å². The lowest BCUT2D eigenvalue weighted by Crippen LogP contribution is -2.48. The number of nitrogens with two attached hydrogens (primary N) is 1. The molecule has 3 rings (SSSR count). The maximum atomic E-state index is 12.5. The van der Waals surface area contributed by atoms with Crippen LogP contribution in [0.2, 0.25) is 5.02 Å². The van der Waals surface area contributed by atoms with E-state index in [1.165, 1.54) is 0 Å². The van der Waals surface area contributed by atoms with Crippen LogP contribution < -0.4 is 5.73 Å². The number of likely N-dealkylation sites (tertiary alicyclic amines) is 1. The molecule has 0 radical (unpaired) electrons. The number of amides is 1. The molecule has 1 aromatic heterocycles. The van der Waals surface area contributed by atoms with Crippen molar-refractivity contribution in [3.8, 4) is 11.5 Å². The third kappa shape index (κ3) is 3.74. The average molecular weight is 334 g/mol. The molecule has 0 bridgehead atoms. The van der Waals surface area contributed by atoms with E-state index in [0.29, 0.717) is 23.2 Å². The second kappa shape index (κ2) is 7.15. The summed E-state index contributed by atoms with van der Waals surface area (Å²) < 4.78 is 5.48. The Morgan fingerprint density at radius 3 is 2.87 bits per heavy atom. The highest BCUT2D eigenvalue weighted by Gasteiger charge is 2.26. The molecule has 1 aromatic carbocycles. The highest BCUT2D eigenvalue weighted by molar-refractivity contribution is 6.30. The zero-order chi connectivity index (χ0) is 16.2. The van der Waals surface area contributed by atoms with Gasteiger partial charge in [-0.05, 0) is 43.5 Å². The Morgan fingerprint density at radius 2 is 2.13 bits per heavy atom. The van der Waals surface area contributed by atoms with Crippen LogP contribution >= 0.6 is 11.6 Å². The van der Waals surface area contributed by atoms with Gasteiger partial charge in [-0.2, -0.15) is 0 Å². The fourth-order valence-electron chi connectivity index (χ4n) is 2.94. The number of carbonyl (C=O) groups excluding carboxylic acids is 1. The van der Waals surface area contributed by atoms with Crippen LogP contribution in [0.5, 0.6) is 0 Å². The minimum Gasteiger partial charge on any atom is -0.444 e. The summed E-state index contributed by atoms with van der Waals surface area (Å²) >= 11 is 5.88. The Kier molecular flexibility index (Phi) is 4.98. The Morgan fingerprint density at radius 1 is 1.35 bits per heavy atom. The van der Waals surface area contributed by atoms with Crippen molar-refractivity contribution >= 4 is 17.5 Å². The van der Waals surface area contributed by atoms with E-state index in [-0.39, 0.29) is 18.4 Å². The van der Waals surface area contributed by atoms with Crippen molar-refractivity contribution in [1.29, 1.82) is 0 Å². The molecule has 1 fully saturated rings. The summed E-state index contributed by atoms with van der Waals surface area (Å²) in [6, 6.07) is 7.40. The standard InChI is InChI=1S/C17H20ClN3O2/c18-13-6-4-12(5-7-13)17-20-14(11-23-17)9-16(22)21-8-2-1-3-15(21)10-19/h4-7,11,15H,1-3,8-10,19H2. The van der Waals surface area contributed by atoms with Gasteiger partial charge in [0.05, 0.1) is 12.1 Å². The van der Waals surface area contributed by atoms with E-state index < -0.39 is 0 Å². The summed E-state index contributed by atoms with van der Waals surface area (Å²) in [6.07, 6.45) is 4.95. The van der Waals surface area contributed by atoms with E-state index in [1.807, 2.05) is 17.0 Å². The molecule has 2 aromatic rings. The monoisotopic (exact) mass is 333 g/mol. The zero-order valence-electron chi connectivity index (χ0n) is 12.9. The van der Waals surface area contributed by atoms with Crippen LogP contribution in [0.25, 0.3) is 11.5 Å². The number of piperidine rings is 1. The molecule has 0 saturated carbocycles. The molecule has 1 aliphatic heterocycles. The highest BCUT2D eigenvalue weighted by Crippen LogP contribution is 2.22. The second-order valence-corrected chi connectivity index (χ2v) is 6.24. The minimum absolute atomic E-state index is 0.0658. The van der Waals surface area contributed by atoms with Crippen molar-refractivity contribution in [2.45, 2.75) is 31.7 Å². The smallest absolute Gasteiger partial charge is 0.229 e. The van der Waals surface area contributed by atoms with Crippen LogP contribution in [0.1, 0.15) is 25.0 Å². The highest BCUT2D eigenvalue weighted by atomic mass is 35.5. The van der Waals surface area contributed by atoms with Crippen molar-refractivity contribution in [2.24, 2.45) is 5.73 Å². The molecule has 5 nitrogen and oxygen atoms in total. The van der Waals surface area contributed by atoms with Gasteiger partial charge in [-0.3, -0.25) is 4.79 Å². The number of oxazole rings is 1. The van der Waals surface area contributed by atoms with Gasteiger partial charge in [0.1, 0.15) is 6.26 Å². The molecule has 6 heteroatoms. The number of nitrogens with zero attached hydrogens (tertiary/aromatic N) is 2. The van der Waals surface area contributed by atoms with Gasteiger partial charge in [-0.1, -0.05) is 11.6 Å². The number of carbonyl (C=O) groups is 1. The zero-order valence-corrected chi connectivity index (χ0v) is 13.6. The Bertz CT molecular complexity index is 669. The second-order valence-electron chi connectivity index (χ2n) is 5.80. The van der Waals surface area contributed by atoms with Crippen molar-refractivity contribution in [3.05, 3.63) is 41.2 Å². The molecule has 1 amide bonds. The van der Waals surface area contributed by atoms with Gasteiger partial charge in [0, 0.05) is 29.7 Å². The molecule has 0 aliphatic carbocycles. The van der Waals surface area contributed by atoms with E-state index in [4.69, 9.17) is 21.8 Å². The minimum atomic E-state index is 0.0658. The Labute approximate surface area is 140 Å². The molecular weight excluding hydrogens is 314 g/mol. The first kappa shape index (κ1) is 16.0. The fraction of sp³-hybridized carbons (Fsp3) is 0.412. The molecule has 23 heavy (non-hydrogen) atoms. The van der Waals surface area contributed by atoms with E-state index in [0.717, 1.165) is 31.4 Å². The normalized spacial score (nSPS) is 18.2. The Hall–Kier alpha value is -1.85. The van der Waals surface area contributed by atoms with E-state index >= 15 is 0 Å². The number of aromatic nitrogens is 1. The molecule has 1 aliphatic rings. The van der Waals surface area contributed by atoms with Crippen LogP contribution in [0.3, 0.4) is 0 Å². The largest absolute Gasteiger partial charge is 0.444 e. The molecule has 1 atom stereocenters. The molecule has 122 valence electrons. The first-order valence-electron chi connectivity index (χ1n) is 7.87. The number of benzene rings is 1. The van der Waals surface area contributed by atoms with Crippen LogP contribution in [0, 0.1) is 0 Å². The van der Waals surface area contributed by atoms with Crippen LogP contribution in [-0.4, -0.2) is 34.9 Å². The van der Waals surface area contributed by atoms with E-state index in [2.05, 4.69) is 4.98 Å². The average Bonchev–Trinajstić information content (AvgIpc) is 3.04. The SMILES string of the molecule is NCC1CCCCN1C(=O)Cc1coc(-c2ccc(Cl)cc2)n1. The van der Waals surface area contributed by atoms with Crippen LogP contribution in [0.4, 0.5) is 0 Å². The molecule has 2 N–H and O–H groups in total. The van der Waals surface area contributed by atoms with E-state index in [9.17, 15) is 4.79 Å². The third-order valence-electron chi connectivity index (χ3n) is 4.19. The summed E-state index contributed by atoms with van der Waals surface area (Å²) in [6.45, 7) is 1.29. The molecule has 1 unspecified atom stereocenters. The van der Waals surface area contributed by atoms with Crippen LogP contribution in [0.15, 0.2) is 34.9 Å². The quantitative estimate of drug-likeness (QED) is 0.933. The summed E-state index contributed by atoms with van der Waals surface area (Å²) in [5, 5.41) is 0.661. The predicted molar refractivity (Wildman–Crippen MR) is 89.1 cm³/mol. The van der Waals surface area contributed by atoms with Gasteiger partial charge in [0.15, 0.2) is 0 Å². The molecule has 2 heterocycles. The van der Waals surface area contributed by atoms with Gasteiger partial charge < -0.3 is 15.1 Å².